The number of methoxy groups -OCH3 is 1. The average molecular weight is 214 g/mol. The van der Waals surface area contributed by atoms with Gasteiger partial charge in [-0.1, -0.05) is 0 Å². The van der Waals surface area contributed by atoms with Crippen molar-refractivity contribution in [2.45, 2.75) is 44.8 Å². The van der Waals surface area contributed by atoms with Crippen LogP contribution in [0.5, 0.6) is 0 Å². The summed E-state index contributed by atoms with van der Waals surface area (Å²) in [5, 5.41) is 6.22. The lowest BCUT2D eigenvalue weighted by molar-refractivity contribution is -0.118. The SMILES string of the molecule is COC1CCCC(NCCNC(C)=O)C1. The Kier molecular flexibility index (Phi) is 5.65. The van der Waals surface area contributed by atoms with Crippen LogP contribution in [0.4, 0.5) is 0 Å². The molecule has 0 saturated heterocycles. The average Bonchev–Trinajstić information content (AvgIpc) is 2.24. The number of hydrogen-bond acceptors (Lipinski definition) is 3. The van der Waals surface area contributed by atoms with Gasteiger partial charge in [0, 0.05) is 33.2 Å². The Balaban J connectivity index is 2.07. The maximum Gasteiger partial charge on any atom is 0.216 e. The second-order valence-corrected chi connectivity index (χ2v) is 4.16. The highest BCUT2D eigenvalue weighted by Crippen LogP contribution is 2.20. The van der Waals surface area contributed by atoms with Gasteiger partial charge < -0.3 is 15.4 Å². The lowest BCUT2D eigenvalue weighted by Crippen LogP contribution is -2.40. The molecule has 88 valence electrons. The zero-order valence-electron chi connectivity index (χ0n) is 9.71. The summed E-state index contributed by atoms with van der Waals surface area (Å²) < 4.78 is 5.36. The first-order valence-corrected chi connectivity index (χ1v) is 5.73. The molecule has 4 heteroatoms. The minimum atomic E-state index is 0.0372. The molecular formula is C11H22N2O2. The van der Waals surface area contributed by atoms with Crippen LogP contribution < -0.4 is 10.6 Å². The summed E-state index contributed by atoms with van der Waals surface area (Å²) in [6.07, 6.45) is 5.14. The van der Waals surface area contributed by atoms with Gasteiger partial charge in [-0.2, -0.15) is 0 Å². The van der Waals surface area contributed by atoms with Crippen molar-refractivity contribution >= 4 is 5.91 Å². The van der Waals surface area contributed by atoms with Crippen LogP contribution >= 0.6 is 0 Å². The van der Waals surface area contributed by atoms with E-state index in [4.69, 9.17) is 4.74 Å². The molecule has 1 aliphatic rings. The molecule has 0 heterocycles. The zero-order valence-corrected chi connectivity index (χ0v) is 9.71. The van der Waals surface area contributed by atoms with Crippen molar-refractivity contribution in [3.63, 3.8) is 0 Å². The van der Waals surface area contributed by atoms with E-state index in [1.54, 1.807) is 14.0 Å². The fourth-order valence-electron chi connectivity index (χ4n) is 2.06. The van der Waals surface area contributed by atoms with Crippen LogP contribution in [0.2, 0.25) is 0 Å². The molecule has 1 aliphatic carbocycles. The maximum atomic E-state index is 10.6. The third kappa shape index (κ3) is 5.14. The van der Waals surface area contributed by atoms with Crippen LogP contribution in [-0.2, 0) is 9.53 Å². The van der Waals surface area contributed by atoms with Crippen molar-refractivity contribution in [3.8, 4) is 0 Å². The van der Waals surface area contributed by atoms with Gasteiger partial charge in [0.2, 0.25) is 5.91 Å². The molecule has 0 aromatic rings. The molecule has 1 saturated carbocycles. The molecule has 0 bridgehead atoms. The lowest BCUT2D eigenvalue weighted by atomic mass is 9.93. The Labute approximate surface area is 91.8 Å². The van der Waals surface area contributed by atoms with E-state index >= 15 is 0 Å². The van der Waals surface area contributed by atoms with E-state index < -0.39 is 0 Å². The Morgan fingerprint density at radius 2 is 2.20 bits per heavy atom. The fraction of sp³-hybridized carbons (Fsp3) is 0.909. The number of hydrogen-bond donors (Lipinski definition) is 2. The highest BCUT2D eigenvalue weighted by Gasteiger charge is 2.20. The van der Waals surface area contributed by atoms with Gasteiger partial charge in [0.05, 0.1) is 6.10 Å². The minimum Gasteiger partial charge on any atom is -0.381 e. The van der Waals surface area contributed by atoms with Gasteiger partial charge in [0.25, 0.3) is 0 Å². The van der Waals surface area contributed by atoms with Crippen LogP contribution in [0.25, 0.3) is 0 Å². The van der Waals surface area contributed by atoms with Crippen LogP contribution in [0.15, 0.2) is 0 Å². The molecular weight excluding hydrogens is 192 g/mol. The molecule has 2 unspecified atom stereocenters. The van der Waals surface area contributed by atoms with Crippen molar-refractivity contribution in [3.05, 3.63) is 0 Å². The van der Waals surface area contributed by atoms with E-state index in [0.29, 0.717) is 18.7 Å². The van der Waals surface area contributed by atoms with Crippen LogP contribution in [-0.4, -0.2) is 38.3 Å². The first-order valence-electron chi connectivity index (χ1n) is 5.73. The van der Waals surface area contributed by atoms with Crippen LogP contribution in [0, 0.1) is 0 Å². The molecule has 0 aromatic heterocycles. The topological polar surface area (TPSA) is 50.4 Å². The van der Waals surface area contributed by atoms with Gasteiger partial charge >= 0.3 is 0 Å². The second kappa shape index (κ2) is 6.80. The molecule has 1 amide bonds. The van der Waals surface area contributed by atoms with Gasteiger partial charge in [-0.05, 0) is 25.7 Å². The summed E-state index contributed by atoms with van der Waals surface area (Å²) in [4.78, 5) is 10.6. The fourth-order valence-corrected chi connectivity index (χ4v) is 2.06. The van der Waals surface area contributed by atoms with Crippen molar-refractivity contribution < 1.29 is 9.53 Å². The molecule has 4 nitrogen and oxygen atoms in total. The van der Waals surface area contributed by atoms with Gasteiger partial charge in [0.15, 0.2) is 0 Å². The first-order chi connectivity index (χ1) is 7.22. The summed E-state index contributed by atoms with van der Waals surface area (Å²) in [6.45, 7) is 3.10. The predicted octanol–water partition coefficient (Wildman–Crippen LogP) is 0.670. The van der Waals surface area contributed by atoms with Crippen molar-refractivity contribution in [2.24, 2.45) is 0 Å². The maximum absolute atomic E-state index is 10.6. The third-order valence-electron chi connectivity index (χ3n) is 2.89. The van der Waals surface area contributed by atoms with E-state index in [1.165, 1.54) is 19.3 Å². The normalized spacial score (nSPS) is 26.3. The number of amides is 1. The van der Waals surface area contributed by atoms with Crippen molar-refractivity contribution in [1.29, 1.82) is 0 Å². The van der Waals surface area contributed by atoms with E-state index in [9.17, 15) is 4.79 Å². The Morgan fingerprint density at radius 1 is 1.40 bits per heavy atom. The standard InChI is InChI=1S/C11H22N2O2/c1-9(14)12-6-7-13-10-4-3-5-11(8-10)15-2/h10-11,13H,3-8H2,1-2H3,(H,12,14). The zero-order chi connectivity index (χ0) is 11.1. The van der Waals surface area contributed by atoms with Gasteiger partial charge in [-0.15, -0.1) is 0 Å². The lowest BCUT2D eigenvalue weighted by Gasteiger charge is -2.28. The quantitative estimate of drug-likeness (QED) is 0.661. The van der Waals surface area contributed by atoms with Gasteiger partial charge in [-0.3, -0.25) is 4.79 Å². The number of carbonyl (C=O) groups excluding carboxylic acids is 1. The molecule has 0 aromatic carbocycles. The molecule has 15 heavy (non-hydrogen) atoms. The predicted molar refractivity (Wildman–Crippen MR) is 59.7 cm³/mol. The van der Waals surface area contributed by atoms with Crippen molar-refractivity contribution in [1.82, 2.24) is 10.6 Å². The molecule has 1 fully saturated rings. The monoisotopic (exact) mass is 214 g/mol. The number of nitrogens with one attached hydrogen (secondary N) is 2. The first kappa shape index (κ1) is 12.5. The minimum absolute atomic E-state index is 0.0372. The Morgan fingerprint density at radius 3 is 2.87 bits per heavy atom. The third-order valence-corrected chi connectivity index (χ3v) is 2.89. The number of carbonyl (C=O) groups is 1. The van der Waals surface area contributed by atoms with Crippen LogP contribution in [0.1, 0.15) is 32.6 Å². The van der Waals surface area contributed by atoms with Crippen molar-refractivity contribution in [2.75, 3.05) is 20.2 Å². The number of rotatable bonds is 5. The second-order valence-electron chi connectivity index (χ2n) is 4.16. The van der Waals surface area contributed by atoms with Gasteiger partial charge in [-0.25, -0.2) is 0 Å². The molecule has 2 N–H and O–H groups in total. The van der Waals surface area contributed by atoms with E-state index in [-0.39, 0.29) is 5.91 Å². The van der Waals surface area contributed by atoms with E-state index in [2.05, 4.69) is 10.6 Å². The smallest absolute Gasteiger partial charge is 0.216 e. The molecule has 1 rings (SSSR count). The molecule has 0 aliphatic heterocycles. The molecule has 0 radical (unpaired) electrons. The summed E-state index contributed by atoms with van der Waals surface area (Å²) in [6, 6.07) is 0.553. The van der Waals surface area contributed by atoms with Gasteiger partial charge in [0.1, 0.15) is 0 Å². The summed E-state index contributed by atoms with van der Waals surface area (Å²) in [7, 11) is 1.78. The summed E-state index contributed by atoms with van der Waals surface area (Å²) in [5.74, 6) is 0.0372. The van der Waals surface area contributed by atoms with E-state index in [1.807, 2.05) is 0 Å². The molecule has 2 atom stereocenters. The summed E-state index contributed by atoms with van der Waals surface area (Å²) >= 11 is 0. The van der Waals surface area contributed by atoms with Crippen LogP contribution in [0.3, 0.4) is 0 Å². The Bertz CT molecular complexity index is 197. The summed E-state index contributed by atoms with van der Waals surface area (Å²) in [5.41, 5.74) is 0. The highest BCUT2D eigenvalue weighted by molar-refractivity contribution is 5.72. The highest BCUT2D eigenvalue weighted by atomic mass is 16.5. The van der Waals surface area contributed by atoms with E-state index in [0.717, 1.165) is 13.0 Å². The Hall–Kier alpha value is -0.610. The molecule has 0 spiro atoms. The largest absolute Gasteiger partial charge is 0.381 e. The number of ether oxygens (including phenoxy) is 1.